The number of ether oxygens (including phenoxy) is 1. The Morgan fingerprint density at radius 3 is 2.86 bits per heavy atom. The Hall–Kier alpha value is -0.570. The normalized spacial score (nSPS) is 10.1. The van der Waals surface area contributed by atoms with Crippen LogP contribution < -0.4 is 0 Å². The minimum absolute atomic E-state index is 0.276. The van der Waals surface area contributed by atoms with Gasteiger partial charge in [0.2, 0.25) is 0 Å². The molecule has 0 saturated carbocycles. The molecule has 0 fully saturated rings. The van der Waals surface area contributed by atoms with Crippen molar-refractivity contribution in [1.29, 1.82) is 0 Å². The molecule has 1 aromatic carbocycles. The first kappa shape index (κ1) is 11.5. The molecule has 0 N–H and O–H groups in total. The van der Waals surface area contributed by atoms with Gasteiger partial charge in [-0.25, -0.2) is 0 Å². The van der Waals surface area contributed by atoms with Gasteiger partial charge in [0.05, 0.1) is 13.2 Å². The fraction of sp³-hybridized carbons (Fsp3) is 0.200. The second kappa shape index (κ2) is 6.02. The fourth-order valence-corrected chi connectivity index (χ4v) is 1.28. The third-order valence-electron chi connectivity index (χ3n) is 1.56. The third kappa shape index (κ3) is 3.66. The monoisotopic (exact) mass is 231 g/mol. The summed E-state index contributed by atoms with van der Waals surface area (Å²) in [7, 11) is 0. The van der Waals surface area contributed by atoms with Crippen molar-refractivity contribution in [3.05, 3.63) is 40.4 Å². The lowest BCUT2D eigenvalue weighted by atomic mass is 10.2. The molecule has 0 unspecified atom stereocenters. The van der Waals surface area contributed by atoms with Gasteiger partial charge in [-0.1, -0.05) is 23.2 Å². The van der Waals surface area contributed by atoms with Gasteiger partial charge in [-0.15, -0.1) is 0 Å². The molecule has 0 aliphatic rings. The van der Waals surface area contributed by atoms with Gasteiger partial charge < -0.3 is 9.53 Å². The zero-order chi connectivity index (χ0) is 10.4. The smallest absolute Gasteiger partial charge is 0.122 e. The maximum absolute atomic E-state index is 9.98. The molecule has 1 radical (unpaired) electrons. The molecule has 0 aromatic heterocycles. The van der Waals surface area contributed by atoms with Gasteiger partial charge in [-0.3, -0.25) is 0 Å². The molecule has 4 heteroatoms. The van der Waals surface area contributed by atoms with Crippen molar-refractivity contribution in [3.8, 4) is 0 Å². The Morgan fingerprint density at radius 1 is 1.36 bits per heavy atom. The number of benzene rings is 1. The van der Waals surface area contributed by atoms with Crippen LogP contribution in [0, 0.1) is 6.61 Å². The molecule has 0 saturated heterocycles. The average Bonchev–Trinajstić information content (AvgIpc) is 2.18. The van der Waals surface area contributed by atoms with Crippen LogP contribution in [0.5, 0.6) is 0 Å². The molecular weight excluding hydrogens is 223 g/mol. The maximum Gasteiger partial charge on any atom is 0.122 e. The summed E-state index contributed by atoms with van der Waals surface area (Å²) in [4.78, 5) is 9.98. The predicted octanol–water partition coefficient (Wildman–Crippen LogP) is 3.26. The first-order valence-electron chi connectivity index (χ1n) is 4.05. The predicted molar refractivity (Wildman–Crippen MR) is 56.2 cm³/mol. The van der Waals surface area contributed by atoms with E-state index in [1.807, 2.05) is 0 Å². The van der Waals surface area contributed by atoms with Gasteiger partial charge in [0, 0.05) is 16.5 Å². The number of halogens is 2. The number of hydrogen-bond donors (Lipinski definition) is 0. The summed E-state index contributed by atoms with van der Waals surface area (Å²) in [5.41, 5.74) is 0.807. The molecule has 75 valence electrons. The van der Waals surface area contributed by atoms with E-state index < -0.39 is 0 Å². The average molecular weight is 232 g/mol. The van der Waals surface area contributed by atoms with Crippen LogP contribution >= 0.6 is 23.2 Å². The van der Waals surface area contributed by atoms with Gasteiger partial charge >= 0.3 is 0 Å². The molecule has 1 aromatic rings. The second-order valence-electron chi connectivity index (χ2n) is 2.62. The van der Waals surface area contributed by atoms with Crippen LogP contribution in [0.4, 0.5) is 0 Å². The summed E-state index contributed by atoms with van der Waals surface area (Å²) >= 11 is 11.7. The number of rotatable bonds is 5. The van der Waals surface area contributed by atoms with E-state index >= 15 is 0 Å². The van der Waals surface area contributed by atoms with Crippen LogP contribution in [-0.2, 0) is 16.1 Å². The summed E-state index contributed by atoms with van der Waals surface area (Å²) in [5, 5.41) is 1.22. The van der Waals surface area contributed by atoms with Crippen molar-refractivity contribution in [1.82, 2.24) is 0 Å². The SMILES string of the molecule is O=CC[CH]OCc1cc(Cl)ccc1Cl. The quantitative estimate of drug-likeness (QED) is 0.575. The standard InChI is InChI=1S/C10H9Cl2O2/c11-9-2-3-10(12)8(6-9)7-14-5-1-4-13/h2-6H,1,7H2. The highest BCUT2D eigenvalue weighted by Crippen LogP contribution is 2.21. The zero-order valence-corrected chi connectivity index (χ0v) is 8.89. The first-order chi connectivity index (χ1) is 6.74. The van der Waals surface area contributed by atoms with Gasteiger partial charge in [-0.05, 0) is 23.8 Å². The molecule has 0 heterocycles. The van der Waals surface area contributed by atoms with Gasteiger partial charge in [-0.2, -0.15) is 0 Å². The first-order valence-corrected chi connectivity index (χ1v) is 4.80. The number of carbonyl (C=O) groups excluding carboxylic acids is 1. The molecule has 0 amide bonds. The zero-order valence-electron chi connectivity index (χ0n) is 7.37. The lowest BCUT2D eigenvalue weighted by Gasteiger charge is -2.04. The highest BCUT2D eigenvalue weighted by molar-refractivity contribution is 6.33. The Labute approximate surface area is 92.8 Å². The van der Waals surface area contributed by atoms with E-state index in [0.717, 1.165) is 11.8 Å². The molecule has 0 atom stereocenters. The Balaban J connectivity index is 2.49. The molecular formula is C10H9Cl2O2. The summed E-state index contributed by atoms with van der Waals surface area (Å²) in [6.45, 7) is 1.76. The molecule has 0 spiro atoms. The van der Waals surface area contributed by atoms with Crippen LogP contribution in [0.1, 0.15) is 12.0 Å². The van der Waals surface area contributed by atoms with Crippen molar-refractivity contribution in [2.75, 3.05) is 0 Å². The van der Waals surface area contributed by atoms with E-state index in [9.17, 15) is 4.79 Å². The number of carbonyl (C=O) groups is 1. The van der Waals surface area contributed by atoms with Crippen molar-refractivity contribution in [3.63, 3.8) is 0 Å². The Morgan fingerprint density at radius 2 is 2.14 bits per heavy atom. The van der Waals surface area contributed by atoms with Crippen LogP contribution in [-0.4, -0.2) is 6.29 Å². The van der Waals surface area contributed by atoms with Crippen LogP contribution in [0.3, 0.4) is 0 Å². The molecule has 2 nitrogen and oxygen atoms in total. The van der Waals surface area contributed by atoms with Crippen molar-refractivity contribution < 1.29 is 9.53 Å². The minimum Gasteiger partial charge on any atom is -0.370 e. The largest absolute Gasteiger partial charge is 0.370 e. The number of hydrogen-bond acceptors (Lipinski definition) is 2. The van der Waals surface area contributed by atoms with E-state index in [0.29, 0.717) is 16.7 Å². The molecule has 1 rings (SSSR count). The van der Waals surface area contributed by atoms with Gasteiger partial charge in [0.15, 0.2) is 0 Å². The summed E-state index contributed by atoms with van der Waals surface area (Å²) in [6.07, 6.45) is 1.04. The lowest BCUT2D eigenvalue weighted by molar-refractivity contribution is -0.108. The number of aldehydes is 1. The van der Waals surface area contributed by atoms with Gasteiger partial charge in [0.1, 0.15) is 6.29 Å². The fourth-order valence-electron chi connectivity index (χ4n) is 0.910. The van der Waals surface area contributed by atoms with Crippen LogP contribution in [0.25, 0.3) is 0 Å². The summed E-state index contributed by atoms with van der Waals surface area (Å²) in [6, 6.07) is 5.16. The highest BCUT2D eigenvalue weighted by atomic mass is 35.5. The van der Waals surface area contributed by atoms with E-state index in [1.165, 1.54) is 6.61 Å². The molecule has 0 aliphatic carbocycles. The minimum atomic E-state index is 0.276. The van der Waals surface area contributed by atoms with Crippen LogP contribution in [0.2, 0.25) is 10.0 Å². The lowest BCUT2D eigenvalue weighted by Crippen LogP contribution is -1.92. The Bertz CT molecular complexity index is 313. The van der Waals surface area contributed by atoms with E-state index in [2.05, 4.69) is 0 Å². The summed E-state index contributed by atoms with van der Waals surface area (Å²) < 4.78 is 5.10. The summed E-state index contributed by atoms with van der Waals surface area (Å²) in [5.74, 6) is 0. The van der Waals surface area contributed by atoms with E-state index in [4.69, 9.17) is 27.9 Å². The maximum atomic E-state index is 9.98. The molecule has 14 heavy (non-hydrogen) atoms. The molecule has 0 aliphatic heterocycles. The van der Waals surface area contributed by atoms with E-state index in [-0.39, 0.29) is 6.42 Å². The molecule has 0 bridgehead atoms. The third-order valence-corrected chi connectivity index (χ3v) is 2.16. The van der Waals surface area contributed by atoms with Crippen molar-refractivity contribution in [2.24, 2.45) is 0 Å². The van der Waals surface area contributed by atoms with E-state index in [1.54, 1.807) is 18.2 Å². The van der Waals surface area contributed by atoms with Crippen LogP contribution in [0.15, 0.2) is 18.2 Å². The van der Waals surface area contributed by atoms with Gasteiger partial charge in [0.25, 0.3) is 0 Å². The topological polar surface area (TPSA) is 26.3 Å². The Kier molecular flexibility index (Phi) is 4.94. The second-order valence-corrected chi connectivity index (χ2v) is 3.46. The highest BCUT2D eigenvalue weighted by Gasteiger charge is 2.01. The van der Waals surface area contributed by atoms with Crippen molar-refractivity contribution >= 4 is 29.5 Å². The van der Waals surface area contributed by atoms with Crippen molar-refractivity contribution in [2.45, 2.75) is 13.0 Å².